The minimum absolute atomic E-state index is 0.134. The van der Waals surface area contributed by atoms with E-state index in [-0.39, 0.29) is 11.8 Å². The molecule has 2 aliphatic heterocycles. The number of hydrogen-bond donors (Lipinski definition) is 1. The molecule has 0 bridgehead atoms. The summed E-state index contributed by atoms with van der Waals surface area (Å²) in [6, 6.07) is 24.0. The lowest BCUT2D eigenvalue weighted by atomic mass is 9.99. The van der Waals surface area contributed by atoms with Gasteiger partial charge in [0, 0.05) is 54.6 Å². The van der Waals surface area contributed by atoms with Gasteiger partial charge in [-0.1, -0.05) is 36.4 Å². The second kappa shape index (κ2) is 10.3. The molecule has 2 amide bonds. The molecule has 1 N–H and O–H groups in total. The van der Waals surface area contributed by atoms with Crippen molar-refractivity contribution in [3.8, 4) is 0 Å². The van der Waals surface area contributed by atoms with Gasteiger partial charge in [-0.15, -0.1) is 0 Å². The molecular weight excluding hydrogens is 442 g/mol. The summed E-state index contributed by atoms with van der Waals surface area (Å²) in [5.74, 6) is 2.08. The van der Waals surface area contributed by atoms with E-state index in [2.05, 4.69) is 34.5 Å². The van der Waals surface area contributed by atoms with E-state index < -0.39 is 0 Å². The zero-order valence-electron chi connectivity index (χ0n) is 19.2. The molecule has 3 aromatic carbocycles. The molecule has 6 heteroatoms. The van der Waals surface area contributed by atoms with Crippen LogP contribution in [0.3, 0.4) is 0 Å². The van der Waals surface area contributed by atoms with E-state index in [1.165, 1.54) is 11.1 Å². The van der Waals surface area contributed by atoms with Crippen molar-refractivity contribution in [3.05, 3.63) is 95.1 Å². The summed E-state index contributed by atoms with van der Waals surface area (Å²) in [4.78, 5) is 29.5. The number of anilines is 2. The van der Waals surface area contributed by atoms with E-state index in [1.807, 2.05) is 65.2 Å². The Kier molecular flexibility index (Phi) is 6.86. The Bertz CT molecular complexity index is 1160. The summed E-state index contributed by atoms with van der Waals surface area (Å²) < 4.78 is 0. The van der Waals surface area contributed by atoms with Gasteiger partial charge in [0.05, 0.1) is 6.42 Å². The lowest BCUT2D eigenvalue weighted by Crippen LogP contribution is -2.38. The molecule has 34 heavy (non-hydrogen) atoms. The Morgan fingerprint density at radius 2 is 1.53 bits per heavy atom. The lowest BCUT2D eigenvalue weighted by molar-refractivity contribution is -0.130. The Balaban J connectivity index is 1.16. The average Bonchev–Trinajstić information content (AvgIpc) is 2.90. The molecule has 174 valence electrons. The fourth-order valence-corrected chi connectivity index (χ4v) is 5.45. The Labute approximate surface area is 205 Å². The molecule has 5 rings (SSSR count). The standard InChI is InChI=1S/C28H29N3O2S/c32-27(30-15-17-34-18-16-30)19-21-5-9-25(10-6-21)29-28(33)23-7-11-26(12-8-23)31-14-13-22-3-1-2-4-24(22)20-31/h1-12H,13-20H2,(H,29,33). The molecule has 1 saturated heterocycles. The molecule has 0 aromatic heterocycles. The van der Waals surface area contributed by atoms with Crippen molar-refractivity contribution < 1.29 is 9.59 Å². The van der Waals surface area contributed by atoms with Crippen LogP contribution < -0.4 is 10.2 Å². The molecule has 0 unspecified atom stereocenters. The largest absolute Gasteiger partial charge is 0.367 e. The number of fused-ring (bicyclic) bond motifs is 1. The zero-order valence-corrected chi connectivity index (χ0v) is 20.0. The van der Waals surface area contributed by atoms with Crippen molar-refractivity contribution >= 4 is 35.0 Å². The van der Waals surface area contributed by atoms with Crippen LogP contribution >= 0.6 is 11.8 Å². The third-order valence-corrected chi connectivity index (χ3v) is 7.50. The Morgan fingerprint density at radius 3 is 2.26 bits per heavy atom. The Hall–Kier alpha value is -3.25. The van der Waals surface area contributed by atoms with Crippen LogP contribution in [-0.2, 0) is 24.2 Å². The van der Waals surface area contributed by atoms with Gasteiger partial charge in [0.1, 0.15) is 0 Å². The van der Waals surface area contributed by atoms with Crippen LogP contribution in [0.1, 0.15) is 27.0 Å². The first-order valence-electron chi connectivity index (χ1n) is 11.8. The first kappa shape index (κ1) is 22.5. The van der Waals surface area contributed by atoms with E-state index >= 15 is 0 Å². The molecule has 0 radical (unpaired) electrons. The SMILES string of the molecule is O=C(Nc1ccc(CC(=O)N2CCSCC2)cc1)c1ccc(N2CCc3ccccc3C2)cc1. The summed E-state index contributed by atoms with van der Waals surface area (Å²) in [6.07, 6.45) is 1.44. The highest BCUT2D eigenvalue weighted by atomic mass is 32.2. The van der Waals surface area contributed by atoms with Crippen molar-refractivity contribution in [2.24, 2.45) is 0 Å². The average molecular weight is 472 g/mol. The molecule has 3 aromatic rings. The summed E-state index contributed by atoms with van der Waals surface area (Å²) in [5.41, 5.74) is 6.25. The first-order chi connectivity index (χ1) is 16.7. The molecule has 1 fully saturated rings. The summed E-state index contributed by atoms with van der Waals surface area (Å²) in [6.45, 7) is 3.55. The monoisotopic (exact) mass is 471 g/mol. The van der Waals surface area contributed by atoms with Crippen LogP contribution in [-0.4, -0.2) is 47.9 Å². The normalized spacial score (nSPS) is 15.5. The van der Waals surface area contributed by atoms with Crippen molar-refractivity contribution in [2.45, 2.75) is 19.4 Å². The molecule has 0 aliphatic carbocycles. The minimum atomic E-state index is -0.134. The minimum Gasteiger partial charge on any atom is -0.367 e. The number of benzene rings is 3. The zero-order chi connectivity index (χ0) is 23.3. The van der Waals surface area contributed by atoms with Crippen molar-refractivity contribution in [1.29, 1.82) is 0 Å². The predicted molar refractivity (Wildman–Crippen MR) is 140 cm³/mol. The van der Waals surface area contributed by atoms with E-state index in [0.29, 0.717) is 12.0 Å². The molecule has 2 aliphatic rings. The summed E-state index contributed by atoms with van der Waals surface area (Å²) >= 11 is 1.90. The maximum Gasteiger partial charge on any atom is 0.255 e. The number of rotatable bonds is 5. The number of carbonyl (C=O) groups excluding carboxylic acids is 2. The Morgan fingerprint density at radius 1 is 0.824 bits per heavy atom. The van der Waals surface area contributed by atoms with Crippen LogP contribution in [0.15, 0.2) is 72.8 Å². The van der Waals surface area contributed by atoms with Crippen LogP contribution in [0.4, 0.5) is 11.4 Å². The number of nitrogens with one attached hydrogen (secondary N) is 1. The molecule has 2 heterocycles. The number of thioether (sulfide) groups is 1. The van der Waals surface area contributed by atoms with Crippen molar-refractivity contribution in [1.82, 2.24) is 4.90 Å². The van der Waals surface area contributed by atoms with Crippen molar-refractivity contribution in [3.63, 3.8) is 0 Å². The molecule has 5 nitrogen and oxygen atoms in total. The third kappa shape index (κ3) is 5.28. The van der Waals surface area contributed by atoms with Gasteiger partial charge < -0.3 is 15.1 Å². The van der Waals surface area contributed by atoms with Gasteiger partial charge in [-0.25, -0.2) is 0 Å². The van der Waals surface area contributed by atoms with Gasteiger partial charge in [-0.3, -0.25) is 9.59 Å². The topological polar surface area (TPSA) is 52.7 Å². The molecule has 0 spiro atoms. The number of amides is 2. The van der Waals surface area contributed by atoms with E-state index in [9.17, 15) is 9.59 Å². The highest BCUT2D eigenvalue weighted by molar-refractivity contribution is 7.99. The maximum absolute atomic E-state index is 12.7. The van der Waals surface area contributed by atoms with Crippen LogP contribution in [0.2, 0.25) is 0 Å². The lowest BCUT2D eigenvalue weighted by Gasteiger charge is -2.30. The molecule has 0 saturated carbocycles. The van der Waals surface area contributed by atoms with E-state index in [0.717, 1.165) is 61.0 Å². The van der Waals surface area contributed by atoms with Crippen LogP contribution in [0.5, 0.6) is 0 Å². The second-order valence-corrected chi connectivity index (χ2v) is 10.0. The fraction of sp³-hybridized carbons (Fsp3) is 0.286. The second-order valence-electron chi connectivity index (χ2n) is 8.81. The number of hydrogen-bond acceptors (Lipinski definition) is 4. The smallest absolute Gasteiger partial charge is 0.255 e. The summed E-state index contributed by atoms with van der Waals surface area (Å²) in [5, 5.41) is 2.96. The predicted octanol–water partition coefficient (Wildman–Crippen LogP) is 4.62. The summed E-state index contributed by atoms with van der Waals surface area (Å²) in [7, 11) is 0. The molecular formula is C28H29N3O2S. The number of carbonyl (C=O) groups is 2. The van der Waals surface area contributed by atoms with Crippen molar-refractivity contribution in [2.75, 3.05) is 41.4 Å². The van der Waals surface area contributed by atoms with Gasteiger partial charge >= 0.3 is 0 Å². The van der Waals surface area contributed by atoms with Crippen LogP contribution in [0.25, 0.3) is 0 Å². The first-order valence-corrected chi connectivity index (χ1v) is 13.0. The fourth-order valence-electron chi connectivity index (χ4n) is 4.55. The van der Waals surface area contributed by atoms with Gasteiger partial charge in [-0.05, 0) is 59.5 Å². The van der Waals surface area contributed by atoms with E-state index in [4.69, 9.17) is 0 Å². The molecule has 0 atom stereocenters. The highest BCUT2D eigenvalue weighted by Gasteiger charge is 2.18. The quantitative estimate of drug-likeness (QED) is 0.590. The van der Waals surface area contributed by atoms with Gasteiger partial charge in [0.2, 0.25) is 5.91 Å². The van der Waals surface area contributed by atoms with Gasteiger partial charge in [0.25, 0.3) is 5.91 Å². The highest BCUT2D eigenvalue weighted by Crippen LogP contribution is 2.25. The maximum atomic E-state index is 12.7. The van der Waals surface area contributed by atoms with Crippen LogP contribution in [0, 0.1) is 0 Å². The number of nitrogens with zero attached hydrogens (tertiary/aromatic N) is 2. The van der Waals surface area contributed by atoms with E-state index in [1.54, 1.807) is 0 Å². The third-order valence-electron chi connectivity index (χ3n) is 6.56. The van der Waals surface area contributed by atoms with Gasteiger partial charge in [0.15, 0.2) is 0 Å². The van der Waals surface area contributed by atoms with Gasteiger partial charge in [-0.2, -0.15) is 11.8 Å².